The van der Waals surface area contributed by atoms with Crippen LogP contribution in [0.5, 0.6) is 5.75 Å². The molecule has 0 bridgehead atoms. The summed E-state index contributed by atoms with van der Waals surface area (Å²) < 4.78 is 9.89. The van der Waals surface area contributed by atoms with Crippen LogP contribution in [0.4, 0.5) is 0 Å². The molecule has 0 saturated carbocycles. The van der Waals surface area contributed by atoms with Gasteiger partial charge in [-0.3, -0.25) is 14.8 Å². The van der Waals surface area contributed by atoms with Gasteiger partial charge in [0.25, 0.3) is 0 Å². The Kier molecular flexibility index (Phi) is 10.5. The van der Waals surface area contributed by atoms with Crippen molar-refractivity contribution in [1.29, 1.82) is 0 Å². The van der Waals surface area contributed by atoms with E-state index in [0.29, 0.717) is 31.4 Å². The lowest BCUT2D eigenvalue weighted by Gasteiger charge is -2.17. The van der Waals surface area contributed by atoms with Crippen molar-refractivity contribution in [2.75, 3.05) is 14.2 Å². The third kappa shape index (κ3) is 9.05. The van der Waals surface area contributed by atoms with Gasteiger partial charge in [-0.1, -0.05) is 25.0 Å². The number of benzene rings is 1. The van der Waals surface area contributed by atoms with E-state index in [4.69, 9.17) is 14.7 Å². The fourth-order valence-corrected chi connectivity index (χ4v) is 2.58. The molecule has 0 radical (unpaired) electrons. The molecule has 1 atom stereocenters. The Morgan fingerprint density at radius 2 is 1.56 bits per heavy atom. The zero-order chi connectivity index (χ0) is 20.1. The summed E-state index contributed by atoms with van der Waals surface area (Å²) in [6.45, 7) is 0. The van der Waals surface area contributed by atoms with Crippen molar-refractivity contribution in [2.45, 2.75) is 51.0 Å². The average Bonchev–Trinajstić information content (AvgIpc) is 2.69. The second kappa shape index (κ2) is 12.7. The summed E-state index contributed by atoms with van der Waals surface area (Å²) in [4.78, 5) is 35.0. The third-order valence-corrected chi connectivity index (χ3v) is 4.10. The fraction of sp³-hybridized carbons (Fsp3) is 0.526. The number of ether oxygens (including phenoxy) is 2. The molecule has 0 aliphatic carbocycles. The number of unbranched alkanes of at least 4 members (excludes halogenated alkanes) is 3. The minimum atomic E-state index is -0.746. The first-order valence-electron chi connectivity index (χ1n) is 8.93. The summed E-state index contributed by atoms with van der Waals surface area (Å²) in [5.41, 5.74) is 2.47. The van der Waals surface area contributed by atoms with Crippen LogP contribution in [-0.2, 0) is 25.5 Å². The van der Waals surface area contributed by atoms with Gasteiger partial charge in [0.15, 0.2) is 0 Å². The van der Waals surface area contributed by atoms with Gasteiger partial charge >= 0.3 is 5.97 Å². The van der Waals surface area contributed by atoms with E-state index in [2.05, 4.69) is 5.32 Å². The van der Waals surface area contributed by atoms with Crippen molar-refractivity contribution >= 4 is 17.8 Å². The number of amides is 2. The molecule has 8 heteroatoms. The maximum atomic E-state index is 12.1. The molecule has 0 fully saturated rings. The van der Waals surface area contributed by atoms with Crippen LogP contribution in [0, 0.1) is 0 Å². The number of hydrogen-bond acceptors (Lipinski definition) is 6. The molecule has 0 aliphatic heterocycles. The fourth-order valence-electron chi connectivity index (χ4n) is 2.58. The van der Waals surface area contributed by atoms with Crippen molar-refractivity contribution in [2.24, 2.45) is 0 Å². The Hall–Kier alpha value is -2.61. The van der Waals surface area contributed by atoms with Crippen molar-refractivity contribution in [3.05, 3.63) is 29.8 Å². The number of hydrogen-bond donors (Lipinski definition) is 3. The minimum absolute atomic E-state index is 0.216. The highest BCUT2D eigenvalue weighted by Gasteiger charge is 2.21. The molecule has 1 aromatic carbocycles. The highest BCUT2D eigenvalue weighted by atomic mass is 16.5. The molecule has 0 aromatic heterocycles. The lowest BCUT2D eigenvalue weighted by atomic mass is 10.0. The van der Waals surface area contributed by atoms with Crippen molar-refractivity contribution in [3.8, 4) is 5.75 Å². The van der Waals surface area contributed by atoms with Crippen LogP contribution in [0.3, 0.4) is 0 Å². The smallest absolute Gasteiger partial charge is 0.328 e. The molecule has 0 saturated heterocycles. The van der Waals surface area contributed by atoms with E-state index >= 15 is 0 Å². The van der Waals surface area contributed by atoms with Gasteiger partial charge in [-0.25, -0.2) is 10.3 Å². The van der Waals surface area contributed by atoms with Gasteiger partial charge in [-0.2, -0.15) is 0 Å². The number of hydroxylamine groups is 1. The summed E-state index contributed by atoms with van der Waals surface area (Å²) in [6.07, 6.45) is 3.76. The maximum absolute atomic E-state index is 12.1. The highest BCUT2D eigenvalue weighted by Crippen LogP contribution is 2.13. The summed E-state index contributed by atoms with van der Waals surface area (Å²) in [5, 5.41) is 11.1. The van der Waals surface area contributed by atoms with E-state index in [1.54, 1.807) is 24.7 Å². The second-order valence-corrected chi connectivity index (χ2v) is 6.14. The Bertz CT molecular complexity index is 603. The van der Waals surface area contributed by atoms with Gasteiger partial charge in [-0.05, 0) is 30.5 Å². The SMILES string of the molecule is COC(=O)[C@H](Cc1ccc(OC)cc1)NC(=O)CCCCCCC(=O)NO. The van der Waals surface area contributed by atoms with E-state index in [9.17, 15) is 14.4 Å². The van der Waals surface area contributed by atoms with Crippen molar-refractivity contribution < 1.29 is 29.1 Å². The molecule has 8 nitrogen and oxygen atoms in total. The van der Waals surface area contributed by atoms with Gasteiger partial charge in [0.2, 0.25) is 11.8 Å². The summed E-state index contributed by atoms with van der Waals surface area (Å²) in [7, 11) is 2.87. The number of carbonyl (C=O) groups excluding carboxylic acids is 3. The van der Waals surface area contributed by atoms with Gasteiger partial charge in [0.1, 0.15) is 11.8 Å². The lowest BCUT2D eigenvalue weighted by Crippen LogP contribution is -2.43. The van der Waals surface area contributed by atoms with E-state index in [1.165, 1.54) is 7.11 Å². The molecular formula is C19H28N2O6. The Balaban J connectivity index is 2.40. The van der Waals surface area contributed by atoms with E-state index in [-0.39, 0.29) is 12.3 Å². The van der Waals surface area contributed by atoms with E-state index < -0.39 is 17.9 Å². The Morgan fingerprint density at radius 3 is 2.07 bits per heavy atom. The average molecular weight is 380 g/mol. The van der Waals surface area contributed by atoms with Crippen LogP contribution >= 0.6 is 0 Å². The van der Waals surface area contributed by atoms with Crippen LogP contribution in [0.1, 0.15) is 44.1 Å². The van der Waals surface area contributed by atoms with Gasteiger partial charge < -0.3 is 14.8 Å². The zero-order valence-electron chi connectivity index (χ0n) is 15.8. The first-order chi connectivity index (χ1) is 13.0. The maximum Gasteiger partial charge on any atom is 0.328 e. The largest absolute Gasteiger partial charge is 0.497 e. The summed E-state index contributed by atoms with van der Waals surface area (Å²) in [6, 6.07) is 6.52. The molecule has 0 unspecified atom stereocenters. The molecule has 0 heterocycles. The number of esters is 1. The van der Waals surface area contributed by atoms with Gasteiger partial charge in [0.05, 0.1) is 14.2 Å². The van der Waals surface area contributed by atoms with Crippen LogP contribution in [0.15, 0.2) is 24.3 Å². The number of methoxy groups -OCH3 is 2. The standard InChI is InChI=1S/C19H28N2O6/c1-26-15-11-9-14(10-12-15)13-16(19(24)27-2)20-17(22)7-5-3-4-6-8-18(23)21-25/h9-12,16,25H,3-8,13H2,1-2H3,(H,20,22)(H,21,23)/t16-/m0/s1. The number of nitrogens with one attached hydrogen (secondary N) is 2. The monoisotopic (exact) mass is 380 g/mol. The van der Waals surface area contributed by atoms with Crippen LogP contribution < -0.4 is 15.5 Å². The highest BCUT2D eigenvalue weighted by molar-refractivity contribution is 5.84. The predicted octanol–water partition coefficient (Wildman–Crippen LogP) is 1.74. The quantitative estimate of drug-likeness (QED) is 0.220. The van der Waals surface area contributed by atoms with E-state index in [1.807, 2.05) is 12.1 Å². The molecule has 1 rings (SSSR count). The molecule has 0 aliphatic rings. The minimum Gasteiger partial charge on any atom is -0.497 e. The summed E-state index contributed by atoms with van der Waals surface area (Å²) >= 11 is 0. The van der Waals surface area contributed by atoms with Gasteiger partial charge in [0, 0.05) is 19.3 Å². The first-order valence-corrected chi connectivity index (χ1v) is 8.93. The molecule has 2 amide bonds. The Morgan fingerprint density at radius 1 is 0.963 bits per heavy atom. The zero-order valence-corrected chi connectivity index (χ0v) is 15.8. The molecular weight excluding hydrogens is 352 g/mol. The third-order valence-electron chi connectivity index (χ3n) is 4.10. The van der Waals surface area contributed by atoms with Crippen LogP contribution in [-0.4, -0.2) is 43.3 Å². The van der Waals surface area contributed by atoms with Crippen molar-refractivity contribution in [3.63, 3.8) is 0 Å². The molecule has 1 aromatic rings. The predicted molar refractivity (Wildman–Crippen MR) is 98.3 cm³/mol. The normalized spacial score (nSPS) is 11.4. The second-order valence-electron chi connectivity index (χ2n) is 6.14. The lowest BCUT2D eigenvalue weighted by molar-refractivity contribution is -0.145. The van der Waals surface area contributed by atoms with Gasteiger partial charge in [-0.15, -0.1) is 0 Å². The Labute approximate surface area is 159 Å². The number of carbonyl (C=O) groups is 3. The first kappa shape index (κ1) is 22.4. The molecule has 150 valence electrons. The summed E-state index contributed by atoms with van der Waals surface area (Å²) in [5.74, 6) is -0.401. The topological polar surface area (TPSA) is 114 Å². The van der Waals surface area contributed by atoms with Crippen LogP contribution in [0.25, 0.3) is 0 Å². The van der Waals surface area contributed by atoms with E-state index in [0.717, 1.165) is 18.4 Å². The molecule has 27 heavy (non-hydrogen) atoms. The number of rotatable bonds is 12. The van der Waals surface area contributed by atoms with Crippen LogP contribution in [0.2, 0.25) is 0 Å². The molecule has 0 spiro atoms. The molecule has 3 N–H and O–H groups in total. The van der Waals surface area contributed by atoms with Crippen molar-refractivity contribution in [1.82, 2.24) is 10.8 Å².